The van der Waals surface area contributed by atoms with Gasteiger partial charge in [-0.05, 0) is 32.9 Å². The average Bonchev–Trinajstić information content (AvgIpc) is 3.10. The molecule has 7 nitrogen and oxygen atoms in total. The molecule has 23 heavy (non-hydrogen) atoms. The summed E-state index contributed by atoms with van der Waals surface area (Å²) in [6, 6.07) is 3.25. The number of primary amides is 1. The third-order valence-electron chi connectivity index (χ3n) is 3.12. The minimum absolute atomic E-state index is 0.141. The van der Waals surface area contributed by atoms with Crippen LogP contribution in [-0.2, 0) is 13.1 Å². The van der Waals surface area contributed by atoms with Crippen LogP contribution in [0.25, 0.3) is 0 Å². The quantitative estimate of drug-likeness (QED) is 0.550. The summed E-state index contributed by atoms with van der Waals surface area (Å²) >= 11 is 1.67. The molecule has 0 unspecified atom stereocenters. The van der Waals surface area contributed by atoms with Crippen LogP contribution in [0.1, 0.15) is 38.8 Å². The van der Waals surface area contributed by atoms with E-state index in [0.717, 1.165) is 17.2 Å². The fourth-order valence-electron chi connectivity index (χ4n) is 1.87. The number of rotatable bonds is 6. The first-order valence-corrected chi connectivity index (χ1v) is 8.14. The fourth-order valence-corrected chi connectivity index (χ4v) is 2.74. The molecule has 0 saturated heterocycles. The Kier molecular flexibility index (Phi) is 5.75. The van der Waals surface area contributed by atoms with Crippen LogP contribution in [0.15, 0.2) is 21.5 Å². The first-order valence-electron chi connectivity index (χ1n) is 7.33. The molecule has 1 amide bonds. The van der Waals surface area contributed by atoms with Gasteiger partial charge in [-0.15, -0.1) is 11.3 Å². The number of carbonyl (C=O) groups is 1. The van der Waals surface area contributed by atoms with E-state index in [1.807, 2.05) is 13.8 Å². The average molecular weight is 335 g/mol. The van der Waals surface area contributed by atoms with Gasteiger partial charge in [0, 0.05) is 11.4 Å². The minimum Gasteiger partial charge on any atom is -0.454 e. The van der Waals surface area contributed by atoms with Crippen LogP contribution in [0.4, 0.5) is 0 Å². The molecule has 0 saturated carbocycles. The summed E-state index contributed by atoms with van der Waals surface area (Å²) in [5, 5.41) is 7.40. The topological polar surface area (TPSA) is 106 Å². The second-order valence-electron chi connectivity index (χ2n) is 4.93. The lowest BCUT2D eigenvalue weighted by Gasteiger charge is -2.09. The molecule has 2 heterocycles. The Morgan fingerprint density at radius 3 is 2.74 bits per heavy atom. The van der Waals surface area contributed by atoms with Crippen molar-refractivity contribution in [1.29, 1.82) is 0 Å². The predicted molar refractivity (Wildman–Crippen MR) is 90.5 cm³/mol. The molecule has 0 atom stereocenters. The largest absolute Gasteiger partial charge is 0.454 e. The molecule has 2 aromatic rings. The van der Waals surface area contributed by atoms with E-state index in [4.69, 9.17) is 10.2 Å². The Bertz CT molecular complexity index is 685. The van der Waals surface area contributed by atoms with Gasteiger partial charge < -0.3 is 20.8 Å². The number of amides is 1. The SMILES string of the molecule is CCNC(=NCc1ccc(C(N)=O)o1)NCc1nc(C)c(C)s1. The molecule has 8 heteroatoms. The Labute approximate surface area is 139 Å². The zero-order valence-electron chi connectivity index (χ0n) is 13.5. The van der Waals surface area contributed by atoms with Crippen LogP contribution in [0.2, 0.25) is 0 Å². The zero-order chi connectivity index (χ0) is 16.8. The van der Waals surface area contributed by atoms with Gasteiger partial charge in [-0.25, -0.2) is 9.98 Å². The van der Waals surface area contributed by atoms with E-state index in [9.17, 15) is 4.79 Å². The highest BCUT2D eigenvalue weighted by atomic mass is 32.1. The summed E-state index contributed by atoms with van der Waals surface area (Å²) < 4.78 is 5.31. The van der Waals surface area contributed by atoms with Gasteiger partial charge in [0.15, 0.2) is 11.7 Å². The Morgan fingerprint density at radius 1 is 1.39 bits per heavy atom. The highest BCUT2D eigenvalue weighted by Gasteiger charge is 2.08. The lowest BCUT2D eigenvalue weighted by atomic mass is 10.4. The van der Waals surface area contributed by atoms with Crippen LogP contribution in [-0.4, -0.2) is 23.4 Å². The molecule has 0 radical (unpaired) electrons. The van der Waals surface area contributed by atoms with Gasteiger partial charge in [0.1, 0.15) is 17.3 Å². The van der Waals surface area contributed by atoms with Gasteiger partial charge in [0.2, 0.25) is 0 Å². The fraction of sp³-hybridized carbons (Fsp3) is 0.400. The van der Waals surface area contributed by atoms with Gasteiger partial charge in [-0.1, -0.05) is 0 Å². The standard InChI is InChI=1S/C15H21N5O2S/c1-4-17-15(19-8-13-20-9(2)10(3)23-13)18-7-11-5-6-12(22-11)14(16)21/h5-6H,4,7-8H2,1-3H3,(H2,16,21)(H2,17,18,19). The van der Waals surface area contributed by atoms with Crippen LogP contribution in [0.5, 0.6) is 0 Å². The molecule has 0 aliphatic heterocycles. The highest BCUT2D eigenvalue weighted by molar-refractivity contribution is 7.11. The van der Waals surface area contributed by atoms with Crippen LogP contribution in [0, 0.1) is 13.8 Å². The smallest absolute Gasteiger partial charge is 0.284 e. The van der Waals surface area contributed by atoms with Crippen molar-refractivity contribution in [3.63, 3.8) is 0 Å². The summed E-state index contributed by atoms with van der Waals surface area (Å²) in [6.07, 6.45) is 0. The maximum absolute atomic E-state index is 11.0. The molecule has 124 valence electrons. The molecule has 0 bridgehead atoms. The van der Waals surface area contributed by atoms with E-state index in [2.05, 4.69) is 27.5 Å². The maximum Gasteiger partial charge on any atom is 0.284 e. The number of nitrogens with zero attached hydrogens (tertiary/aromatic N) is 2. The van der Waals surface area contributed by atoms with Crippen molar-refractivity contribution in [2.45, 2.75) is 33.9 Å². The Morgan fingerprint density at radius 2 is 2.17 bits per heavy atom. The Balaban J connectivity index is 1.97. The van der Waals surface area contributed by atoms with Crippen molar-refractivity contribution < 1.29 is 9.21 Å². The molecule has 0 aromatic carbocycles. The number of aliphatic imine (C=N–C) groups is 1. The van der Waals surface area contributed by atoms with Crippen molar-refractivity contribution in [3.8, 4) is 0 Å². The molecular weight excluding hydrogens is 314 g/mol. The molecule has 0 aliphatic carbocycles. The molecule has 4 N–H and O–H groups in total. The number of thiazole rings is 1. The second-order valence-corrected chi connectivity index (χ2v) is 6.22. The third kappa shape index (κ3) is 4.82. The molecule has 2 rings (SSSR count). The number of nitrogens with one attached hydrogen (secondary N) is 2. The van der Waals surface area contributed by atoms with Crippen molar-refractivity contribution in [1.82, 2.24) is 15.6 Å². The van der Waals surface area contributed by atoms with E-state index in [0.29, 0.717) is 24.8 Å². The second kappa shape index (κ2) is 7.77. The first kappa shape index (κ1) is 17.0. The summed E-state index contributed by atoms with van der Waals surface area (Å²) in [5.41, 5.74) is 6.22. The molecular formula is C15H21N5O2S. The van der Waals surface area contributed by atoms with Gasteiger partial charge in [-0.2, -0.15) is 0 Å². The van der Waals surface area contributed by atoms with Gasteiger partial charge in [-0.3, -0.25) is 4.79 Å². The number of aryl methyl sites for hydroxylation is 2. The highest BCUT2D eigenvalue weighted by Crippen LogP contribution is 2.15. The van der Waals surface area contributed by atoms with E-state index in [1.165, 1.54) is 4.88 Å². The molecule has 0 aliphatic rings. The summed E-state index contributed by atoms with van der Waals surface area (Å²) in [5.74, 6) is 0.800. The monoisotopic (exact) mass is 335 g/mol. The van der Waals surface area contributed by atoms with Crippen LogP contribution >= 0.6 is 11.3 Å². The number of carbonyl (C=O) groups excluding carboxylic acids is 1. The number of hydrogen-bond donors (Lipinski definition) is 3. The zero-order valence-corrected chi connectivity index (χ0v) is 14.3. The maximum atomic E-state index is 11.0. The number of aromatic nitrogens is 1. The van der Waals surface area contributed by atoms with Gasteiger partial charge in [0.05, 0.1) is 12.2 Å². The lowest BCUT2D eigenvalue weighted by Crippen LogP contribution is -2.36. The first-order chi connectivity index (χ1) is 11.0. The number of furan rings is 1. The number of nitrogens with two attached hydrogens (primary N) is 1. The molecule has 0 spiro atoms. The molecule has 2 aromatic heterocycles. The number of hydrogen-bond acceptors (Lipinski definition) is 5. The van der Waals surface area contributed by atoms with E-state index in [1.54, 1.807) is 23.5 Å². The summed E-state index contributed by atoms with van der Waals surface area (Å²) in [6.45, 7) is 7.72. The number of guanidine groups is 1. The van der Waals surface area contributed by atoms with Crippen molar-refractivity contribution >= 4 is 23.2 Å². The van der Waals surface area contributed by atoms with Gasteiger partial charge in [0.25, 0.3) is 5.91 Å². The van der Waals surface area contributed by atoms with Crippen molar-refractivity contribution in [2.24, 2.45) is 10.7 Å². The van der Waals surface area contributed by atoms with Gasteiger partial charge >= 0.3 is 0 Å². The third-order valence-corrected chi connectivity index (χ3v) is 4.19. The summed E-state index contributed by atoms with van der Waals surface area (Å²) in [7, 11) is 0. The van der Waals surface area contributed by atoms with E-state index >= 15 is 0 Å². The van der Waals surface area contributed by atoms with Crippen molar-refractivity contribution in [3.05, 3.63) is 39.2 Å². The van der Waals surface area contributed by atoms with Crippen LogP contribution in [0.3, 0.4) is 0 Å². The van der Waals surface area contributed by atoms with E-state index in [-0.39, 0.29) is 5.76 Å². The normalized spacial score (nSPS) is 11.5. The van der Waals surface area contributed by atoms with Crippen molar-refractivity contribution in [2.75, 3.05) is 6.54 Å². The molecule has 0 fully saturated rings. The Hall–Kier alpha value is -2.35. The predicted octanol–water partition coefficient (Wildman–Crippen LogP) is 1.71. The minimum atomic E-state index is -0.584. The van der Waals surface area contributed by atoms with E-state index < -0.39 is 5.91 Å². The summed E-state index contributed by atoms with van der Waals surface area (Å²) in [4.78, 5) is 21.1. The van der Waals surface area contributed by atoms with Crippen LogP contribution < -0.4 is 16.4 Å². The lowest BCUT2D eigenvalue weighted by molar-refractivity contribution is 0.0972.